The average Bonchev–Trinajstić information content (AvgIpc) is 3.05. The van der Waals surface area contributed by atoms with Crippen molar-refractivity contribution in [3.05, 3.63) is 12.4 Å². The van der Waals surface area contributed by atoms with Crippen molar-refractivity contribution < 1.29 is 8.42 Å². The molecule has 0 atom stereocenters. The number of sulfonamides is 1. The molecule has 0 aromatic carbocycles. The van der Waals surface area contributed by atoms with Gasteiger partial charge in [0.15, 0.2) is 0 Å². The van der Waals surface area contributed by atoms with Crippen molar-refractivity contribution in [2.24, 2.45) is 5.92 Å². The van der Waals surface area contributed by atoms with Crippen molar-refractivity contribution in [2.75, 3.05) is 27.2 Å². The first-order valence-corrected chi connectivity index (χ1v) is 8.11. The van der Waals surface area contributed by atoms with Crippen molar-refractivity contribution in [3.8, 4) is 0 Å². The van der Waals surface area contributed by atoms with Crippen LogP contribution in [0.15, 0.2) is 17.3 Å². The van der Waals surface area contributed by atoms with Crippen molar-refractivity contribution in [1.29, 1.82) is 0 Å². The molecule has 1 aromatic rings. The molecule has 0 aliphatic heterocycles. The summed E-state index contributed by atoms with van der Waals surface area (Å²) in [4.78, 5) is 0.292. The number of hydrogen-bond donors (Lipinski definition) is 1. The van der Waals surface area contributed by atoms with Crippen LogP contribution >= 0.6 is 0 Å². The molecule has 1 heterocycles. The SMILES string of the molecule is CNCCCn1cc(S(=O)(=O)N(C)CC2CC2)cn1. The smallest absolute Gasteiger partial charge is 0.245 e. The molecule has 0 radical (unpaired) electrons. The van der Waals surface area contributed by atoms with E-state index in [4.69, 9.17) is 0 Å². The summed E-state index contributed by atoms with van der Waals surface area (Å²) in [7, 11) is 0.170. The number of aryl methyl sites for hydroxylation is 1. The van der Waals surface area contributed by atoms with Gasteiger partial charge in [0.05, 0.1) is 6.20 Å². The van der Waals surface area contributed by atoms with Crippen LogP contribution < -0.4 is 5.32 Å². The third kappa shape index (κ3) is 3.77. The number of hydrogen-bond acceptors (Lipinski definition) is 4. The highest BCUT2D eigenvalue weighted by molar-refractivity contribution is 7.89. The predicted octanol–water partition coefficient (Wildman–Crippen LogP) is 0.523. The van der Waals surface area contributed by atoms with Gasteiger partial charge in [0.25, 0.3) is 0 Å². The van der Waals surface area contributed by atoms with E-state index in [9.17, 15) is 8.42 Å². The molecule has 2 rings (SSSR count). The lowest BCUT2D eigenvalue weighted by Gasteiger charge is -2.15. The molecule has 0 bridgehead atoms. The van der Waals surface area contributed by atoms with E-state index in [0.29, 0.717) is 17.4 Å². The minimum Gasteiger partial charge on any atom is -0.320 e. The summed E-state index contributed by atoms with van der Waals surface area (Å²) in [6.07, 6.45) is 6.27. The van der Waals surface area contributed by atoms with Gasteiger partial charge in [-0.2, -0.15) is 5.10 Å². The highest BCUT2D eigenvalue weighted by Crippen LogP contribution is 2.30. The fraction of sp³-hybridized carbons (Fsp3) is 0.750. The molecule has 1 fully saturated rings. The Labute approximate surface area is 114 Å². The lowest BCUT2D eigenvalue weighted by atomic mass is 10.4. The van der Waals surface area contributed by atoms with Crippen LogP contribution in [0.3, 0.4) is 0 Å². The molecule has 1 saturated carbocycles. The fourth-order valence-electron chi connectivity index (χ4n) is 1.96. The molecule has 0 spiro atoms. The largest absolute Gasteiger partial charge is 0.320 e. The van der Waals surface area contributed by atoms with E-state index in [-0.39, 0.29) is 0 Å². The second-order valence-electron chi connectivity index (χ2n) is 5.13. The Hall–Kier alpha value is -0.920. The minimum absolute atomic E-state index is 0.292. The molecule has 0 amide bonds. The van der Waals surface area contributed by atoms with Gasteiger partial charge in [-0.15, -0.1) is 0 Å². The van der Waals surface area contributed by atoms with Crippen LogP contribution in [0.5, 0.6) is 0 Å². The maximum atomic E-state index is 12.3. The molecule has 7 heteroatoms. The van der Waals surface area contributed by atoms with E-state index < -0.39 is 10.0 Å². The highest BCUT2D eigenvalue weighted by Gasteiger charge is 2.29. The van der Waals surface area contributed by atoms with Crippen LogP contribution in [-0.4, -0.2) is 49.7 Å². The first kappa shape index (κ1) is 14.5. The van der Waals surface area contributed by atoms with Crippen LogP contribution in [0.25, 0.3) is 0 Å². The van der Waals surface area contributed by atoms with E-state index in [1.165, 1.54) is 10.5 Å². The molecule has 1 aliphatic rings. The predicted molar refractivity (Wildman–Crippen MR) is 73.3 cm³/mol. The van der Waals surface area contributed by atoms with Gasteiger partial charge in [-0.25, -0.2) is 12.7 Å². The molecular formula is C12H22N4O2S. The molecule has 1 N–H and O–H groups in total. The van der Waals surface area contributed by atoms with Gasteiger partial charge in [0.1, 0.15) is 4.90 Å². The summed E-state index contributed by atoms with van der Waals surface area (Å²) in [6.45, 7) is 2.24. The fourth-order valence-corrected chi connectivity index (χ4v) is 3.16. The summed E-state index contributed by atoms with van der Waals surface area (Å²) in [5, 5.41) is 7.17. The third-order valence-corrected chi connectivity index (χ3v) is 5.12. The second-order valence-corrected chi connectivity index (χ2v) is 7.17. The Balaban J connectivity index is 1.99. The highest BCUT2D eigenvalue weighted by atomic mass is 32.2. The Morgan fingerprint density at radius 1 is 1.53 bits per heavy atom. The summed E-state index contributed by atoms with van der Waals surface area (Å²) in [6, 6.07) is 0. The second kappa shape index (κ2) is 6.02. The zero-order valence-electron chi connectivity index (χ0n) is 11.5. The number of nitrogens with zero attached hydrogens (tertiary/aromatic N) is 3. The topological polar surface area (TPSA) is 67.2 Å². The van der Waals surface area contributed by atoms with Crippen LogP contribution in [0, 0.1) is 5.92 Å². The van der Waals surface area contributed by atoms with Gasteiger partial charge >= 0.3 is 0 Å². The summed E-state index contributed by atoms with van der Waals surface area (Å²) >= 11 is 0. The molecule has 19 heavy (non-hydrogen) atoms. The van der Waals surface area contributed by atoms with Gasteiger partial charge in [0, 0.05) is 26.3 Å². The monoisotopic (exact) mass is 286 g/mol. The first-order chi connectivity index (χ1) is 9.04. The first-order valence-electron chi connectivity index (χ1n) is 6.67. The molecule has 1 aromatic heterocycles. The van der Waals surface area contributed by atoms with Gasteiger partial charge < -0.3 is 5.32 Å². The van der Waals surface area contributed by atoms with E-state index in [1.54, 1.807) is 17.9 Å². The van der Waals surface area contributed by atoms with Crippen molar-refractivity contribution >= 4 is 10.0 Å². The Morgan fingerprint density at radius 3 is 2.89 bits per heavy atom. The standard InChI is InChI=1S/C12H22N4O2S/c1-13-6-3-7-16-10-12(8-14-16)19(17,18)15(2)9-11-4-5-11/h8,10-11,13H,3-7,9H2,1-2H3. The zero-order chi connectivity index (χ0) is 13.9. The van der Waals surface area contributed by atoms with Crippen LogP contribution in [0.2, 0.25) is 0 Å². The van der Waals surface area contributed by atoms with Gasteiger partial charge in [-0.1, -0.05) is 0 Å². The van der Waals surface area contributed by atoms with Gasteiger partial charge in [0.2, 0.25) is 10.0 Å². The lowest BCUT2D eigenvalue weighted by molar-refractivity contribution is 0.452. The molecule has 0 unspecified atom stereocenters. The Kier molecular flexibility index (Phi) is 4.59. The van der Waals surface area contributed by atoms with Gasteiger partial charge in [-0.3, -0.25) is 4.68 Å². The summed E-state index contributed by atoms with van der Waals surface area (Å²) in [5.74, 6) is 0.547. The number of rotatable bonds is 8. The Bertz CT molecular complexity index is 508. The normalized spacial score (nSPS) is 16.2. The number of aromatic nitrogens is 2. The molecule has 6 nitrogen and oxygen atoms in total. The minimum atomic E-state index is -3.37. The lowest BCUT2D eigenvalue weighted by Crippen LogP contribution is -2.28. The molecular weight excluding hydrogens is 264 g/mol. The third-order valence-electron chi connectivity index (χ3n) is 3.34. The quantitative estimate of drug-likeness (QED) is 0.708. The maximum absolute atomic E-state index is 12.3. The average molecular weight is 286 g/mol. The van der Waals surface area contributed by atoms with Crippen molar-refractivity contribution in [3.63, 3.8) is 0 Å². The Morgan fingerprint density at radius 2 is 2.26 bits per heavy atom. The number of nitrogens with one attached hydrogen (secondary N) is 1. The molecule has 0 saturated heterocycles. The molecule has 108 valence electrons. The van der Waals surface area contributed by atoms with E-state index in [1.807, 2.05) is 7.05 Å². The van der Waals surface area contributed by atoms with E-state index in [0.717, 1.165) is 32.4 Å². The summed E-state index contributed by atoms with van der Waals surface area (Å²) in [5.41, 5.74) is 0. The summed E-state index contributed by atoms with van der Waals surface area (Å²) < 4.78 is 27.7. The van der Waals surface area contributed by atoms with E-state index in [2.05, 4.69) is 10.4 Å². The molecule has 1 aliphatic carbocycles. The zero-order valence-corrected chi connectivity index (χ0v) is 12.4. The maximum Gasteiger partial charge on any atom is 0.245 e. The van der Waals surface area contributed by atoms with Crippen LogP contribution in [-0.2, 0) is 16.6 Å². The van der Waals surface area contributed by atoms with Crippen molar-refractivity contribution in [1.82, 2.24) is 19.4 Å². The van der Waals surface area contributed by atoms with Crippen molar-refractivity contribution in [2.45, 2.75) is 30.7 Å². The van der Waals surface area contributed by atoms with Crippen LogP contribution in [0.4, 0.5) is 0 Å². The van der Waals surface area contributed by atoms with E-state index >= 15 is 0 Å². The van der Waals surface area contributed by atoms with Crippen LogP contribution in [0.1, 0.15) is 19.3 Å². The van der Waals surface area contributed by atoms with Gasteiger partial charge in [-0.05, 0) is 38.8 Å².